The summed E-state index contributed by atoms with van der Waals surface area (Å²) in [5, 5.41) is 12.6. The Morgan fingerprint density at radius 3 is 2.18 bits per heavy atom. The Balaban J connectivity index is 2.00. The summed E-state index contributed by atoms with van der Waals surface area (Å²) in [4.78, 5) is 25.6. The summed E-state index contributed by atoms with van der Waals surface area (Å²) in [6.07, 6.45) is 1.88. The minimum atomic E-state index is -0.759. The van der Waals surface area contributed by atoms with Crippen molar-refractivity contribution in [3.63, 3.8) is 0 Å². The van der Waals surface area contributed by atoms with Crippen molar-refractivity contribution in [2.24, 2.45) is 0 Å². The molecule has 1 atom stereocenters. The molecular formula is C18H23NO3. The number of aryl methyl sites for hydroxylation is 3. The van der Waals surface area contributed by atoms with Crippen molar-refractivity contribution in [2.45, 2.75) is 64.0 Å². The Bertz CT molecular complexity index is 619. The van der Waals surface area contributed by atoms with Crippen LogP contribution < -0.4 is 5.32 Å². The molecule has 1 aliphatic carbocycles. The van der Waals surface area contributed by atoms with E-state index in [4.69, 9.17) is 0 Å². The summed E-state index contributed by atoms with van der Waals surface area (Å²) in [6.45, 7) is 5.95. The molecule has 1 aromatic rings. The molecule has 1 aromatic carbocycles. The molecule has 1 heterocycles. The maximum atomic E-state index is 13.0. The number of carbonyl (C=O) groups is 2. The average molecular weight is 301 g/mol. The summed E-state index contributed by atoms with van der Waals surface area (Å²) in [5.41, 5.74) is 3.24. The van der Waals surface area contributed by atoms with Crippen LogP contribution in [0, 0.1) is 20.8 Å². The number of aliphatic hydroxyl groups excluding tert-OH is 1. The Morgan fingerprint density at radius 2 is 1.64 bits per heavy atom. The first kappa shape index (κ1) is 15.2. The van der Waals surface area contributed by atoms with Gasteiger partial charge >= 0.3 is 0 Å². The van der Waals surface area contributed by atoms with Gasteiger partial charge < -0.3 is 10.4 Å². The van der Waals surface area contributed by atoms with E-state index in [1.165, 1.54) is 0 Å². The van der Waals surface area contributed by atoms with E-state index in [9.17, 15) is 14.7 Å². The van der Waals surface area contributed by atoms with E-state index in [-0.39, 0.29) is 17.8 Å². The Labute approximate surface area is 130 Å². The summed E-state index contributed by atoms with van der Waals surface area (Å²) in [6, 6.07) is 4.05. The zero-order valence-electron chi connectivity index (χ0n) is 13.4. The molecule has 1 saturated heterocycles. The largest absolute Gasteiger partial charge is 0.393 e. The van der Waals surface area contributed by atoms with Crippen LogP contribution in [0.2, 0.25) is 0 Å². The van der Waals surface area contributed by atoms with Crippen molar-refractivity contribution in [1.29, 1.82) is 0 Å². The van der Waals surface area contributed by atoms with Gasteiger partial charge in [0.25, 0.3) is 0 Å². The fraction of sp³-hybridized carbons (Fsp3) is 0.556. The lowest BCUT2D eigenvalue weighted by atomic mass is 9.75. The number of aliphatic hydroxyl groups is 1. The zero-order chi connectivity index (χ0) is 16.1. The van der Waals surface area contributed by atoms with Gasteiger partial charge in [0.05, 0.1) is 11.6 Å². The van der Waals surface area contributed by atoms with Gasteiger partial charge in [-0.05, 0) is 63.1 Å². The lowest BCUT2D eigenvalue weighted by Gasteiger charge is -2.34. The highest BCUT2D eigenvalue weighted by atomic mass is 16.3. The second-order valence-electron chi connectivity index (χ2n) is 6.91. The first-order chi connectivity index (χ1) is 10.3. The number of amides is 1. The van der Waals surface area contributed by atoms with Crippen LogP contribution in [0.25, 0.3) is 0 Å². The number of nitrogens with one attached hydrogen (secondary N) is 1. The summed E-state index contributed by atoms with van der Waals surface area (Å²) < 4.78 is 0. The van der Waals surface area contributed by atoms with Gasteiger partial charge in [0.15, 0.2) is 5.78 Å². The van der Waals surface area contributed by atoms with E-state index in [2.05, 4.69) is 5.32 Å². The number of hydrogen-bond acceptors (Lipinski definition) is 3. The molecule has 3 rings (SSSR count). The maximum absolute atomic E-state index is 13.0. The molecule has 1 spiro atoms. The highest BCUT2D eigenvalue weighted by molar-refractivity contribution is 6.17. The smallest absolute Gasteiger partial charge is 0.235 e. The lowest BCUT2D eigenvalue weighted by Crippen LogP contribution is -2.49. The van der Waals surface area contributed by atoms with Crippen LogP contribution >= 0.6 is 0 Å². The van der Waals surface area contributed by atoms with Gasteiger partial charge in [0.1, 0.15) is 5.92 Å². The summed E-state index contributed by atoms with van der Waals surface area (Å²) in [7, 11) is 0. The topological polar surface area (TPSA) is 66.4 Å². The van der Waals surface area contributed by atoms with Crippen LogP contribution in [-0.2, 0) is 9.59 Å². The van der Waals surface area contributed by atoms with E-state index in [1.54, 1.807) is 0 Å². The summed E-state index contributed by atoms with van der Waals surface area (Å²) >= 11 is 0. The molecular weight excluding hydrogens is 278 g/mol. The van der Waals surface area contributed by atoms with Gasteiger partial charge in [0, 0.05) is 0 Å². The number of ketones is 1. The number of hydrogen-bond donors (Lipinski definition) is 2. The SMILES string of the molecule is Cc1cc(C)c(C2C(=O)NC3(CCC(O)CC3)C2=O)c(C)c1. The van der Waals surface area contributed by atoms with Gasteiger partial charge in [-0.3, -0.25) is 9.59 Å². The normalized spacial score (nSPS) is 31.6. The maximum Gasteiger partial charge on any atom is 0.235 e. The third kappa shape index (κ3) is 2.26. The van der Waals surface area contributed by atoms with Gasteiger partial charge in [-0.15, -0.1) is 0 Å². The molecule has 118 valence electrons. The molecule has 4 heteroatoms. The molecule has 2 fully saturated rings. The van der Waals surface area contributed by atoms with Crippen molar-refractivity contribution >= 4 is 11.7 Å². The van der Waals surface area contributed by atoms with E-state index in [1.807, 2.05) is 32.9 Å². The Kier molecular flexibility index (Phi) is 3.60. The fourth-order valence-corrected chi connectivity index (χ4v) is 4.14. The van der Waals surface area contributed by atoms with Gasteiger partial charge in [-0.25, -0.2) is 0 Å². The van der Waals surface area contributed by atoms with Crippen molar-refractivity contribution in [3.8, 4) is 0 Å². The van der Waals surface area contributed by atoms with Crippen LogP contribution in [-0.4, -0.2) is 28.4 Å². The van der Waals surface area contributed by atoms with Crippen molar-refractivity contribution in [3.05, 3.63) is 34.4 Å². The predicted octanol–water partition coefficient (Wildman–Crippen LogP) is 2.07. The predicted molar refractivity (Wildman–Crippen MR) is 83.7 cm³/mol. The highest BCUT2D eigenvalue weighted by Gasteiger charge is 2.54. The molecule has 22 heavy (non-hydrogen) atoms. The monoisotopic (exact) mass is 301 g/mol. The second-order valence-corrected chi connectivity index (χ2v) is 6.91. The van der Waals surface area contributed by atoms with Crippen LogP contribution in [0.4, 0.5) is 0 Å². The molecule has 0 aromatic heterocycles. The molecule has 0 radical (unpaired) electrons. The van der Waals surface area contributed by atoms with Crippen molar-refractivity contribution in [2.75, 3.05) is 0 Å². The van der Waals surface area contributed by atoms with Gasteiger partial charge in [0.2, 0.25) is 5.91 Å². The molecule has 0 bridgehead atoms. The number of rotatable bonds is 1. The third-order valence-corrected chi connectivity index (χ3v) is 5.19. The fourth-order valence-electron chi connectivity index (χ4n) is 4.14. The Morgan fingerprint density at radius 1 is 1.09 bits per heavy atom. The van der Waals surface area contributed by atoms with E-state index < -0.39 is 11.5 Å². The summed E-state index contributed by atoms with van der Waals surface area (Å²) in [5.74, 6) is -0.897. The zero-order valence-corrected chi connectivity index (χ0v) is 13.4. The van der Waals surface area contributed by atoms with Crippen LogP contribution in [0.5, 0.6) is 0 Å². The van der Waals surface area contributed by atoms with E-state index in [0.717, 1.165) is 22.3 Å². The lowest BCUT2D eigenvalue weighted by molar-refractivity contribution is -0.126. The minimum absolute atomic E-state index is 0.0144. The van der Waals surface area contributed by atoms with Crippen LogP contribution in [0.1, 0.15) is 53.9 Å². The molecule has 2 N–H and O–H groups in total. The van der Waals surface area contributed by atoms with Crippen LogP contribution in [0.15, 0.2) is 12.1 Å². The van der Waals surface area contributed by atoms with Crippen molar-refractivity contribution < 1.29 is 14.7 Å². The van der Waals surface area contributed by atoms with Gasteiger partial charge in [-0.1, -0.05) is 17.7 Å². The van der Waals surface area contributed by atoms with Gasteiger partial charge in [-0.2, -0.15) is 0 Å². The molecule has 4 nitrogen and oxygen atoms in total. The Hall–Kier alpha value is -1.68. The van der Waals surface area contributed by atoms with E-state index >= 15 is 0 Å². The minimum Gasteiger partial charge on any atom is -0.393 e. The standard InChI is InChI=1S/C18H23NO3/c1-10-8-11(2)14(12(3)9-10)15-16(21)18(19-17(15)22)6-4-13(20)5-7-18/h8-9,13,15,20H,4-7H2,1-3H3,(H,19,22). The average Bonchev–Trinajstić information content (AvgIpc) is 2.66. The highest BCUT2D eigenvalue weighted by Crippen LogP contribution is 2.40. The molecule has 1 amide bonds. The van der Waals surface area contributed by atoms with E-state index in [0.29, 0.717) is 25.7 Å². The third-order valence-electron chi connectivity index (χ3n) is 5.19. The molecule has 1 unspecified atom stereocenters. The quantitative estimate of drug-likeness (QED) is 0.780. The first-order valence-corrected chi connectivity index (χ1v) is 7.96. The van der Waals surface area contributed by atoms with Crippen molar-refractivity contribution in [1.82, 2.24) is 5.32 Å². The number of carbonyl (C=O) groups excluding carboxylic acids is 2. The number of benzene rings is 1. The number of Topliss-reactive ketones (excluding diaryl/α,β-unsaturated/α-hetero) is 1. The molecule has 2 aliphatic rings. The van der Waals surface area contributed by atoms with Crippen LogP contribution in [0.3, 0.4) is 0 Å². The first-order valence-electron chi connectivity index (χ1n) is 7.96. The molecule has 1 aliphatic heterocycles. The second kappa shape index (κ2) is 5.20. The molecule has 1 saturated carbocycles.